The van der Waals surface area contributed by atoms with E-state index in [0.717, 1.165) is 5.69 Å². The monoisotopic (exact) mass is 161 g/mol. The normalized spacial score (nSPS) is 24.6. The van der Waals surface area contributed by atoms with E-state index in [1.165, 1.54) is 19.3 Å². The van der Waals surface area contributed by atoms with E-state index in [4.69, 9.17) is 0 Å². The van der Waals surface area contributed by atoms with Gasteiger partial charge < -0.3 is 0 Å². The molecule has 2 rings (SSSR count). The molecule has 1 heterocycles. The van der Waals surface area contributed by atoms with E-state index in [2.05, 4.69) is 16.9 Å². The van der Waals surface area contributed by atoms with Gasteiger partial charge in [0, 0.05) is 24.5 Å². The van der Waals surface area contributed by atoms with Gasteiger partial charge in [0.1, 0.15) is 0 Å². The molecule has 0 bridgehead atoms. The zero-order valence-electron chi connectivity index (χ0n) is 7.33. The summed E-state index contributed by atoms with van der Waals surface area (Å²) in [4.78, 5) is 8.42. The first kappa shape index (κ1) is 7.71. The summed E-state index contributed by atoms with van der Waals surface area (Å²) in [7, 11) is 0. The summed E-state index contributed by atoms with van der Waals surface area (Å²) < 4.78 is 0. The van der Waals surface area contributed by atoms with Crippen LogP contribution in [0.4, 0.5) is 0 Å². The molecule has 1 atom stereocenters. The maximum Gasteiger partial charge on any atom is 0.0623 e. The molecule has 1 aromatic heterocycles. The van der Waals surface area contributed by atoms with Crippen molar-refractivity contribution in [2.24, 2.45) is 0 Å². The van der Waals surface area contributed by atoms with Crippen molar-refractivity contribution in [2.45, 2.75) is 32.1 Å². The Balaban J connectivity index is 2.19. The lowest BCUT2D eigenvalue weighted by molar-refractivity contribution is 0.719. The fourth-order valence-corrected chi connectivity index (χ4v) is 1.90. The highest BCUT2D eigenvalue weighted by Crippen LogP contribution is 2.39. The van der Waals surface area contributed by atoms with Crippen molar-refractivity contribution in [2.75, 3.05) is 0 Å². The quantitative estimate of drug-likeness (QED) is 0.631. The van der Waals surface area contributed by atoms with Crippen LogP contribution in [0.25, 0.3) is 0 Å². The van der Waals surface area contributed by atoms with Gasteiger partial charge >= 0.3 is 0 Å². The van der Waals surface area contributed by atoms with Gasteiger partial charge in [-0.25, -0.2) is 0 Å². The minimum atomic E-state index is 0.582. The van der Waals surface area contributed by atoms with Crippen LogP contribution in [0.15, 0.2) is 18.6 Å². The maximum absolute atomic E-state index is 4.33. The Morgan fingerprint density at radius 1 is 1.42 bits per heavy atom. The van der Waals surface area contributed by atoms with Crippen LogP contribution in [-0.2, 0) is 0 Å². The first-order valence-electron chi connectivity index (χ1n) is 4.46. The van der Waals surface area contributed by atoms with Crippen molar-refractivity contribution in [3.8, 4) is 0 Å². The molecule has 1 fully saturated rings. The molecular weight excluding hydrogens is 148 g/mol. The van der Waals surface area contributed by atoms with Crippen LogP contribution < -0.4 is 0 Å². The summed E-state index contributed by atoms with van der Waals surface area (Å²) in [5, 5.41) is 0. The molecule has 0 N–H and O–H groups in total. The van der Waals surface area contributed by atoms with Crippen molar-refractivity contribution in [3.63, 3.8) is 0 Å². The van der Waals surface area contributed by atoms with Crippen LogP contribution in [0.5, 0.6) is 0 Å². The SMILES string of the molecule is C[C]1CCCC1c1cnccn1. The highest BCUT2D eigenvalue weighted by molar-refractivity contribution is 5.17. The van der Waals surface area contributed by atoms with Crippen molar-refractivity contribution in [1.82, 2.24) is 9.97 Å². The highest BCUT2D eigenvalue weighted by Gasteiger charge is 2.26. The Kier molecular flexibility index (Phi) is 2.07. The lowest BCUT2D eigenvalue weighted by atomic mass is 9.95. The van der Waals surface area contributed by atoms with E-state index >= 15 is 0 Å². The minimum absolute atomic E-state index is 0.582. The zero-order chi connectivity index (χ0) is 8.39. The fourth-order valence-electron chi connectivity index (χ4n) is 1.90. The highest BCUT2D eigenvalue weighted by atomic mass is 14.8. The largest absolute Gasteiger partial charge is 0.261 e. The van der Waals surface area contributed by atoms with Crippen LogP contribution in [0.1, 0.15) is 37.8 Å². The molecule has 63 valence electrons. The minimum Gasteiger partial charge on any atom is -0.261 e. The zero-order valence-corrected chi connectivity index (χ0v) is 7.33. The number of hydrogen-bond acceptors (Lipinski definition) is 2. The molecule has 1 aliphatic rings. The van der Waals surface area contributed by atoms with Crippen LogP contribution in [0.3, 0.4) is 0 Å². The van der Waals surface area contributed by atoms with Gasteiger partial charge in [-0.1, -0.05) is 13.3 Å². The van der Waals surface area contributed by atoms with Gasteiger partial charge in [-0.05, 0) is 18.8 Å². The molecule has 0 aromatic carbocycles. The van der Waals surface area contributed by atoms with E-state index in [1.807, 2.05) is 6.20 Å². The predicted molar refractivity (Wildman–Crippen MR) is 47.5 cm³/mol. The Morgan fingerprint density at radius 3 is 2.92 bits per heavy atom. The third-order valence-electron chi connectivity index (χ3n) is 2.60. The summed E-state index contributed by atoms with van der Waals surface area (Å²) in [6, 6.07) is 0. The van der Waals surface area contributed by atoms with Crippen LogP contribution in [0.2, 0.25) is 0 Å². The van der Waals surface area contributed by atoms with Crippen molar-refractivity contribution >= 4 is 0 Å². The van der Waals surface area contributed by atoms with E-state index in [0.29, 0.717) is 5.92 Å². The predicted octanol–water partition coefficient (Wildman–Crippen LogP) is 2.34. The molecule has 1 saturated carbocycles. The van der Waals surface area contributed by atoms with E-state index in [-0.39, 0.29) is 0 Å². The molecule has 12 heavy (non-hydrogen) atoms. The standard InChI is InChI=1S/C10H13N2/c1-8-3-2-4-9(8)10-7-11-5-6-12-10/h5-7,9H,2-4H2,1H3. The molecule has 0 saturated heterocycles. The molecule has 0 aliphatic heterocycles. The maximum atomic E-state index is 4.33. The van der Waals surface area contributed by atoms with Crippen molar-refractivity contribution in [3.05, 3.63) is 30.2 Å². The molecule has 0 amide bonds. The Morgan fingerprint density at radius 2 is 2.33 bits per heavy atom. The first-order valence-corrected chi connectivity index (χ1v) is 4.46. The number of rotatable bonds is 1. The second-order valence-electron chi connectivity index (χ2n) is 3.42. The van der Waals surface area contributed by atoms with Crippen molar-refractivity contribution in [1.29, 1.82) is 0 Å². The molecule has 2 heteroatoms. The first-order chi connectivity index (χ1) is 5.88. The van der Waals surface area contributed by atoms with Gasteiger partial charge in [0.2, 0.25) is 0 Å². The summed E-state index contributed by atoms with van der Waals surface area (Å²) in [5.74, 6) is 2.15. The Labute approximate surface area is 73.1 Å². The van der Waals surface area contributed by atoms with Gasteiger partial charge in [-0.2, -0.15) is 0 Å². The second kappa shape index (κ2) is 3.21. The van der Waals surface area contributed by atoms with Gasteiger partial charge in [0.25, 0.3) is 0 Å². The summed E-state index contributed by atoms with van der Waals surface area (Å²) >= 11 is 0. The van der Waals surface area contributed by atoms with E-state index in [1.54, 1.807) is 18.3 Å². The number of nitrogens with zero attached hydrogens (tertiary/aromatic N) is 2. The van der Waals surface area contributed by atoms with E-state index in [9.17, 15) is 0 Å². The Bertz CT molecular complexity index is 245. The van der Waals surface area contributed by atoms with Gasteiger partial charge in [-0.3, -0.25) is 9.97 Å². The van der Waals surface area contributed by atoms with E-state index < -0.39 is 0 Å². The topological polar surface area (TPSA) is 25.8 Å². The summed E-state index contributed by atoms with van der Waals surface area (Å²) in [6.45, 7) is 2.23. The number of aromatic nitrogens is 2. The number of hydrogen-bond donors (Lipinski definition) is 0. The van der Waals surface area contributed by atoms with Gasteiger partial charge in [0.15, 0.2) is 0 Å². The van der Waals surface area contributed by atoms with Gasteiger partial charge in [0.05, 0.1) is 5.69 Å². The second-order valence-corrected chi connectivity index (χ2v) is 3.42. The molecule has 0 spiro atoms. The van der Waals surface area contributed by atoms with Crippen LogP contribution >= 0.6 is 0 Å². The lowest BCUT2D eigenvalue weighted by Gasteiger charge is -2.12. The van der Waals surface area contributed by atoms with Crippen molar-refractivity contribution < 1.29 is 0 Å². The molecule has 1 unspecified atom stereocenters. The summed E-state index contributed by atoms with van der Waals surface area (Å²) in [6.07, 6.45) is 9.23. The average Bonchev–Trinajstić information content (AvgIpc) is 2.53. The molecule has 1 radical (unpaired) electrons. The average molecular weight is 161 g/mol. The third kappa shape index (κ3) is 1.33. The Hall–Kier alpha value is -0.920. The molecular formula is C10H13N2. The molecule has 1 aliphatic carbocycles. The summed E-state index contributed by atoms with van der Waals surface area (Å²) in [5.41, 5.74) is 1.15. The third-order valence-corrected chi connectivity index (χ3v) is 2.60. The molecule has 2 nitrogen and oxygen atoms in total. The van der Waals surface area contributed by atoms with Gasteiger partial charge in [-0.15, -0.1) is 0 Å². The lowest BCUT2D eigenvalue weighted by Crippen LogP contribution is -2.02. The van der Waals surface area contributed by atoms with Crippen LogP contribution in [0, 0.1) is 5.92 Å². The van der Waals surface area contributed by atoms with Crippen LogP contribution in [-0.4, -0.2) is 9.97 Å². The fraction of sp³-hybridized carbons (Fsp3) is 0.500. The molecule has 1 aromatic rings. The smallest absolute Gasteiger partial charge is 0.0623 e.